The van der Waals surface area contributed by atoms with Crippen LogP contribution < -0.4 is 5.32 Å². The van der Waals surface area contributed by atoms with Crippen molar-refractivity contribution in [1.29, 1.82) is 0 Å². The lowest BCUT2D eigenvalue weighted by atomic mass is 9.83. The summed E-state index contributed by atoms with van der Waals surface area (Å²) in [6.07, 6.45) is 8.15. The Bertz CT molecular complexity index is 418. The van der Waals surface area contributed by atoms with Crippen LogP contribution in [0, 0.1) is 11.8 Å². The fraction of sp³-hybridized carbons (Fsp3) is 0.684. The van der Waals surface area contributed by atoms with Crippen molar-refractivity contribution in [3.8, 4) is 0 Å². The molecule has 1 nitrogen and oxygen atoms in total. The van der Waals surface area contributed by atoms with Crippen LogP contribution in [0.1, 0.15) is 58.4 Å². The normalized spacial score (nSPS) is 23.8. The number of hydrogen-bond donors (Lipinski definition) is 1. The Hall–Kier alpha value is -0.530. The van der Waals surface area contributed by atoms with Crippen molar-refractivity contribution in [3.63, 3.8) is 0 Å². The van der Waals surface area contributed by atoms with Gasteiger partial charge < -0.3 is 5.32 Å². The Morgan fingerprint density at radius 3 is 2.24 bits per heavy atom. The number of rotatable bonds is 4. The number of nitrogens with one attached hydrogen (secondary N) is 1. The van der Waals surface area contributed by atoms with Gasteiger partial charge in [-0.15, -0.1) is 0 Å². The molecule has 21 heavy (non-hydrogen) atoms. The summed E-state index contributed by atoms with van der Waals surface area (Å²) in [5.41, 5.74) is 1.66. The van der Waals surface area contributed by atoms with E-state index in [2.05, 4.69) is 38.2 Å². The Morgan fingerprint density at radius 1 is 1.00 bits per heavy atom. The van der Waals surface area contributed by atoms with Gasteiger partial charge in [0.25, 0.3) is 0 Å². The van der Waals surface area contributed by atoms with Crippen LogP contribution in [0.2, 0.25) is 5.02 Å². The molecule has 1 saturated carbocycles. The van der Waals surface area contributed by atoms with E-state index in [0.29, 0.717) is 0 Å². The van der Waals surface area contributed by atoms with Gasteiger partial charge in [-0.3, -0.25) is 0 Å². The van der Waals surface area contributed by atoms with Crippen molar-refractivity contribution >= 4 is 11.6 Å². The molecule has 2 heteroatoms. The average molecular weight is 308 g/mol. The third-order valence-electron chi connectivity index (χ3n) is 4.62. The minimum atomic E-state index is 0.219. The second-order valence-electron chi connectivity index (χ2n) is 7.62. The minimum absolute atomic E-state index is 0.219. The van der Waals surface area contributed by atoms with Gasteiger partial charge in [-0.2, -0.15) is 0 Å². The minimum Gasteiger partial charge on any atom is -0.312 e. The third kappa shape index (κ3) is 6.00. The monoisotopic (exact) mass is 307 g/mol. The lowest BCUT2D eigenvalue weighted by molar-refractivity contribution is 0.270. The quantitative estimate of drug-likeness (QED) is 0.728. The zero-order chi connectivity index (χ0) is 15.3. The summed E-state index contributed by atoms with van der Waals surface area (Å²) in [6.45, 7) is 7.94. The molecule has 0 amide bonds. The fourth-order valence-corrected chi connectivity index (χ4v) is 3.49. The standard InChI is InChI=1S/C19H30ClN/c1-19(2,3)21-14-17-8-6-4-5-7-16(17)13-15-9-11-18(20)12-10-15/h9-12,16-17,21H,4-8,13-14H2,1-3H3. The maximum absolute atomic E-state index is 6.00. The molecule has 118 valence electrons. The highest BCUT2D eigenvalue weighted by Gasteiger charge is 2.25. The summed E-state index contributed by atoms with van der Waals surface area (Å²) in [6, 6.07) is 8.44. The maximum atomic E-state index is 6.00. The first-order valence-corrected chi connectivity index (χ1v) is 8.81. The van der Waals surface area contributed by atoms with Crippen molar-refractivity contribution in [1.82, 2.24) is 5.32 Å². The predicted molar refractivity (Wildman–Crippen MR) is 93.0 cm³/mol. The maximum Gasteiger partial charge on any atom is 0.0406 e. The van der Waals surface area contributed by atoms with Crippen LogP contribution in [0.15, 0.2) is 24.3 Å². The number of hydrogen-bond acceptors (Lipinski definition) is 1. The summed E-state index contributed by atoms with van der Waals surface area (Å²) in [5.74, 6) is 1.62. The molecule has 2 unspecified atom stereocenters. The summed E-state index contributed by atoms with van der Waals surface area (Å²) < 4.78 is 0. The van der Waals surface area contributed by atoms with Crippen LogP contribution in [0.4, 0.5) is 0 Å². The van der Waals surface area contributed by atoms with E-state index < -0.39 is 0 Å². The number of halogens is 1. The average Bonchev–Trinajstić information content (AvgIpc) is 2.63. The Balaban J connectivity index is 1.99. The zero-order valence-electron chi connectivity index (χ0n) is 13.8. The molecule has 0 bridgehead atoms. The molecule has 0 aromatic heterocycles. The first kappa shape index (κ1) is 16.8. The molecule has 2 atom stereocenters. The van der Waals surface area contributed by atoms with Crippen LogP contribution in [-0.4, -0.2) is 12.1 Å². The summed E-state index contributed by atoms with van der Waals surface area (Å²) in [7, 11) is 0. The van der Waals surface area contributed by atoms with Gasteiger partial charge in [0.15, 0.2) is 0 Å². The second-order valence-corrected chi connectivity index (χ2v) is 8.06. The molecule has 0 spiro atoms. The zero-order valence-corrected chi connectivity index (χ0v) is 14.5. The van der Waals surface area contributed by atoms with Gasteiger partial charge in [0.05, 0.1) is 0 Å². The van der Waals surface area contributed by atoms with Crippen molar-refractivity contribution < 1.29 is 0 Å². The highest BCUT2D eigenvalue weighted by Crippen LogP contribution is 2.31. The first-order valence-electron chi connectivity index (χ1n) is 8.43. The summed E-state index contributed by atoms with van der Waals surface area (Å²) in [5, 5.41) is 4.56. The van der Waals surface area contributed by atoms with E-state index >= 15 is 0 Å². The topological polar surface area (TPSA) is 12.0 Å². The Morgan fingerprint density at radius 2 is 1.62 bits per heavy atom. The van der Waals surface area contributed by atoms with Crippen LogP contribution in [0.25, 0.3) is 0 Å². The molecule has 1 aliphatic rings. The highest BCUT2D eigenvalue weighted by molar-refractivity contribution is 6.30. The smallest absolute Gasteiger partial charge is 0.0406 e. The lowest BCUT2D eigenvalue weighted by Gasteiger charge is -2.30. The number of benzene rings is 1. The Labute approximate surface area is 135 Å². The van der Waals surface area contributed by atoms with E-state index in [4.69, 9.17) is 11.6 Å². The van der Waals surface area contributed by atoms with Gasteiger partial charge in [0.2, 0.25) is 0 Å². The van der Waals surface area contributed by atoms with Crippen LogP contribution in [0.5, 0.6) is 0 Å². The molecule has 1 N–H and O–H groups in total. The molecular formula is C19H30ClN. The van der Waals surface area contributed by atoms with Gasteiger partial charge in [0.1, 0.15) is 0 Å². The lowest BCUT2D eigenvalue weighted by Crippen LogP contribution is -2.40. The van der Waals surface area contributed by atoms with Gasteiger partial charge in [0, 0.05) is 10.6 Å². The van der Waals surface area contributed by atoms with Crippen LogP contribution in [-0.2, 0) is 6.42 Å². The van der Waals surface area contributed by atoms with Crippen molar-refractivity contribution in [2.45, 2.75) is 64.8 Å². The van der Waals surface area contributed by atoms with Gasteiger partial charge in [-0.1, -0.05) is 43.0 Å². The summed E-state index contributed by atoms with van der Waals surface area (Å²) >= 11 is 6.00. The van der Waals surface area contributed by atoms with E-state index in [0.717, 1.165) is 23.4 Å². The summed E-state index contributed by atoms with van der Waals surface area (Å²) in [4.78, 5) is 0. The molecular weight excluding hydrogens is 278 g/mol. The van der Waals surface area contributed by atoms with Gasteiger partial charge in [-0.25, -0.2) is 0 Å². The highest BCUT2D eigenvalue weighted by atomic mass is 35.5. The fourth-order valence-electron chi connectivity index (χ4n) is 3.36. The largest absolute Gasteiger partial charge is 0.312 e. The van der Waals surface area contributed by atoms with E-state index in [-0.39, 0.29) is 5.54 Å². The van der Waals surface area contributed by atoms with Crippen molar-refractivity contribution in [3.05, 3.63) is 34.9 Å². The first-order chi connectivity index (χ1) is 9.94. The molecule has 2 rings (SSSR count). The molecule has 0 aliphatic heterocycles. The molecule has 1 aromatic carbocycles. The van der Waals surface area contributed by atoms with Crippen LogP contribution >= 0.6 is 11.6 Å². The van der Waals surface area contributed by atoms with E-state index in [9.17, 15) is 0 Å². The van der Waals surface area contributed by atoms with Crippen molar-refractivity contribution in [2.75, 3.05) is 6.54 Å². The molecule has 0 heterocycles. The van der Waals surface area contributed by atoms with Crippen LogP contribution in [0.3, 0.4) is 0 Å². The molecule has 1 aliphatic carbocycles. The molecule has 0 radical (unpaired) electrons. The van der Waals surface area contributed by atoms with E-state index in [1.54, 1.807) is 0 Å². The molecule has 0 saturated heterocycles. The van der Waals surface area contributed by atoms with Gasteiger partial charge in [-0.05, 0) is 76.1 Å². The van der Waals surface area contributed by atoms with Crippen molar-refractivity contribution in [2.24, 2.45) is 11.8 Å². The molecule has 1 fully saturated rings. The van der Waals surface area contributed by atoms with E-state index in [1.807, 2.05) is 12.1 Å². The second kappa shape index (κ2) is 7.65. The third-order valence-corrected chi connectivity index (χ3v) is 4.87. The Kier molecular flexibility index (Phi) is 6.13. The van der Waals surface area contributed by atoms with E-state index in [1.165, 1.54) is 44.1 Å². The molecule has 1 aromatic rings. The SMILES string of the molecule is CC(C)(C)NCC1CCCCCC1Cc1ccc(Cl)cc1. The van der Waals surface area contributed by atoms with Gasteiger partial charge >= 0.3 is 0 Å². The predicted octanol–water partition coefficient (Wildman–Crippen LogP) is 5.47.